The molecule has 0 spiro atoms. The highest BCUT2D eigenvalue weighted by molar-refractivity contribution is 5.87. The molecule has 0 aromatic rings. The van der Waals surface area contributed by atoms with E-state index in [-0.39, 0.29) is 12.4 Å². The van der Waals surface area contributed by atoms with Crippen molar-refractivity contribution in [2.24, 2.45) is 17.8 Å². The van der Waals surface area contributed by atoms with Gasteiger partial charge in [0.1, 0.15) is 5.78 Å². The molecule has 2 fully saturated rings. The Balaban J connectivity index is 0.00000112. The highest BCUT2D eigenvalue weighted by Crippen LogP contribution is 2.45. The van der Waals surface area contributed by atoms with E-state index in [1.807, 2.05) is 0 Å². The zero-order valence-corrected chi connectivity index (χ0v) is 10.6. The Bertz CT molecular complexity index is 228. The monoisotopic (exact) mass is 231 g/mol. The average Bonchev–Trinajstić information content (AvgIpc) is 2.77. The van der Waals surface area contributed by atoms with Crippen LogP contribution in [0, 0.1) is 17.8 Å². The van der Waals surface area contributed by atoms with Crippen molar-refractivity contribution in [3.05, 3.63) is 0 Å². The molecular weight excluding hydrogens is 210 g/mol. The minimum Gasteiger partial charge on any atom is -0.303 e. The van der Waals surface area contributed by atoms with Crippen LogP contribution in [0.3, 0.4) is 0 Å². The van der Waals surface area contributed by atoms with Gasteiger partial charge in [0.15, 0.2) is 0 Å². The molecule has 0 heterocycles. The largest absolute Gasteiger partial charge is 0.303 e. The van der Waals surface area contributed by atoms with Crippen molar-refractivity contribution in [3.8, 4) is 0 Å². The van der Waals surface area contributed by atoms with E-state index < -0.39 is 0 Å². The third-order valence-corrected chi connectivity index (χ3v) is 4.16. The first-order chi connectivity index (χ1) is 6.76. The van der Waals surface area contributed by atoms with E-state index in [2.05, 4.69) is 18.7 Å². The third kappa shape index (κ3) is 2.36. The Morgan fingerprint density at radius 1 is 1.27 bits per heavy atom. The van der Waals surface area contributed by atoms with E-state index in [9.17, 15) is 4.79 Å². The van der Waals surface area contributed by atoms with Gasteiger partial charge in [-0.05, 0) is 38.3 Å². The zero-order chi connectivity index (χ0) is 10.1. The van der Waals surface area contributed by atoms with Gasteiger partial charge in [0, 0.05) is 18.4 Å². The maximum Gasteiger partial charge on any atom is 0.140 e. The van der Waals surface area contributed by atoms with Gasteiger partial charge in [-0.15, -0.1) is 12.4 Å². The van der Waals surface area contributed by atoms with Crippen molar-refractivity contribution >= 4 is 18.2 Å². The lowest BCUT2D eigenvalue weighted by molar-refractivity contribution is -0.126. The first-order valence-electron chi connectivity index (χ1n) is 6.02. The number of halogens is 1. The minimum absolute atomic E-state index is 0. The molecule has 0 aromatic carbocycles. The number of hydrogen-bond acceptors (Lipinski definition) is 2. The Labute approximate surface area is 98.8 Å². The highest BCUT2D eigenvalue weighted by Gasteiger charge is 2.46. The molecule has 15 heavy (non-hydrogen) atoms. The van der Waals surface area contributed by atoms with Crippen molar-refractivity contribution in [2.75, 3.05) is 19.6 Å². The van der Waals surface area contributed by atoms with Crippen molar-refractivity contribution in [2.45, 2.75) is 33.1 Å². The molecule has 3 heteroatoms. The van der Waals surface area contributed by atoms with E-state index in [1.165, 1.54) is 19.3 Å². The van der Waals surface area contributed by atoms with E-state index in [0.29, 0.717) is 17.6 Å². The fourth-order valence-electron chi connectivity index (χ4n) is 3.17. The molecule has 2 bridgehead atoms. The Hall–Kier alpha value is -0.0800. The SMILES string of the molecule is CCN(CC)CC1C(=O)C2CCC1C2.Cl. The van der Waals surface area contributed by atoms with Crippen molar-refractivity contribution in [3.63, 3.8) is 0 Å². The standard InChI is InChI=1S/C12H21NO.ClH/c1-3-13(4-2)8-11-9-5-6-10(7-9)12(11)14;/h9-11H,3-8H2,1-2H3;1H. The van der Waals surface area contributed by atoms with Gasteiger partial charge in [-0.25, -0.2) is 0 Å². The topological polar surface area (TPSA) is 20.3 Å². The Morgan fingerprint density at radius 2 is 1.93 bits per heavy atom. The normalized spacial score (nSPS) is 33.5. The van der Waals surface area contributed by atoms with Crippen LogP contribution in [0.15, 0.2) is 0 Å². The first kappa shape index (κ1) is 13.0. The number of nitrogens with zero attached hydrogens (tertiary/aromatic N) is 1. The number of hydrogen-bond donors (Lipinski definition) is 0. The smallest absolute Gasteiger partial charge is 0.140 e. The summed E-state index contributed by atoms with van der Waals surface area (Å²) in [6.45, 7) is 7.55. The van der Waals surface area contributed by atoms with Crippen LogP contribution in [0.2, 0.25) is 0 Å². The zero-order valence-electron chi connectivity index (χ0n) is 9.74. The fraction of sp³-hybridized carbons (Fsp3) is 0.917. The minimum atomic E-state index is 0. The Morgan fingerprint density at radius 3 is 2.40 bits per heavy atom. The highest BCUT2D eigenvalue weighted by atomic mass is 35.5. The van der Waals surface area contributed by atoms with Gasteiger partial charge in [0.05, 0.1) is 0 Å². The van der Waals surface area contributed by atoms with Crippen LogP contribution in [0.1, 0.15) is 33.1 Å². The lowest BCUT2D eigenvalue weighted by Gasteiger charge is -2.27. The van der Waals surface area contributed by atoms with Crippen LogP contribution < -0.4 is 0 Å². The number of Topliss-reactive ketones (excluding diaryl/α,β-unsaturated/α-hetero) is 1. The molecule has 2 aliphatic rings. The van der Waals surface area contributed by atoms with Crippen LogP contribution in [-0.4, -0.2) is 30.3 Å². The number of ketones is 1. The summed E-state index contributed by atoms with van der Waals surface area (Å²) >= 11 is 0. The molecule has 0 aliphatic heterocycles. The maximum atomic E-state index is 11.9. The van der Waals surface area contributed by atoms with Gasteiger partial charge < -0.3 is 4.90 Å². The quantitative estimate of drug-likeness (QED) is 0.741. The van der Waals surface area contributed by atoms with Gasteiger partial charge >= 0.3 is 0 Å². The average molecular weight is 232 g/mol. The second-order valence-electron chi connectivity index (χ2n) is 4.76. The third-order valence-electron chi connectivity index (χ3n) is 4.16. The summed E-state index contributed by atoms with van der Waals surface area (Å²) in [6.07, 6.45) is 3.69. The van der Waals surface area contributed by atoms with E-state index in [1.54, 1.807) is 0 Å². The summed E-state index contributed by atoms with van der Waals surface area (Å²) in [5.41, 5.74) is 0. The lowest BCUT2D eigenvalue weighted by atomic mass is 9.87. The summed E-state index contributed by atoms with van der Waals surface area (Å²) < 4.78 is 0. The molecule has 0 radical (unpaired) electrons. The molecule has 88 valence electrons. The molecule has 3 unspecified atom stereocenters. The summed E-state index contributed by atoms with van der Waals surface area (Å²) in [7, 11) is 0. The molecule has 2 nitrogen and oxygen atoms in total. The number of fused-ring (bicyclic) bond motifs is 2. The molecule has 0 aromatic heterocycles. The van der Waals surface area contributed by atoms with E-state index in [4.69, 9.17) is 0 Å². The van der Waals surface area contributed by atoms with Gasteiger partial charge in [0.25, 0.3) is 0 Å². The van der Waals surface area contributed by atoms with Crippen LogP contribution in [0.4, 0.5) is 0 Å². The number of carbonyl (C=O) groups is 1. The summed E-state index contributed by atoms with van der Waals surface area (Å²) in [4.78, 5) is 14.3. The van der Waals surface area contributed by atoms with Gasteiger partial charge in [-0.2, -0.15) is 0 Å². The summed E-state index contributed by atoms with van der Waals surface area (Å²) in [5, 5.41) is 0. The van der Waals surface area contributed by atoms with Crippen LogP contribution >= 0.6 is 12.4 Å². The van der Waals surface area contributed by atoms with Crippen molar-refractivity contribution in [1.82, 2.24) is 4.90 Å². The van der Waals surface area contributed by atoms with Gasteiger partial charge in [0.2, 0.25) is 0 Å². The molecule has 3 atom stereocenters. The second kappa shape index (κ2) is 5.31. The predicted molar refractivity (Wildman–Crippen MR) is 64.4 cm³/mol. The second-order valence-corrected chi connectivity index (χ2v) is 4.76. The van der Waals surface area contributed by atoms with Crippen LogP contribution in [0.5, 0.6) is 0 Å². The maximum absolute atomic E-state index is 11.9. The molecule has 0 N–H and O–H groups in total. The number of rotatable bonds is 4. The molecule has 2 aliphatic carbocycles. The van der Waals surface area contributed by atoms with Crippen LogP contribution in [0.25, 0.3) is 0 Å². The molecule has 0 saturated heterocycles. The molecule has 2 saturated carbocycles. The van der Waals surface area contributed by atoms with E-state index in [0.717, 1.165) is 25.6 Å². The van der Waals surface area contributed by atoms with Gasteiger partial charge in [-0.1, -0.05) is 13.8 Å². The molecule has 0 amide bonds. The predicted octanol–water partition coefficient (Wildman–Crippen LogP) is 2.37. The van der Waals surface area contributed by atoms with E-state index >= 15 is 0 Å². The molecule has 2 rings (SSSR count). The molecular formula is C12H22ClNO. The van der Waals surface area contributed by atoms with Crippen molar-refractivity contribution < 1.29 is 4.79 Å². The fourth-order valence-corrected chi connectivity index (χ4v) is 3.17. The summed E-state index contributed by atoms with van der Waals surface area (Å²) in [6, 6.07) is 0. The first-order valence-corrected chi connectivity index (χ1v) is 6.02. The van der Waals surface area contributed by atoms with Gasteiger partial charge in [-0.3, -0.25) is 4.79 Å². The Kier molecular flexibility index (Phi) is 4.60. The van der Waals surface area contributed by atoms with Crippen LogP contribution in [-0.2, 0) is 4.79 Å². The lowest BCUT2D eigenvalue weighted by Crippen LogP contribution is -2.35. The number of carbonyl (C=O) groups excluding carboxylic acids is 1. The summed E-state index contributed by atoms with van der Waals surface area (Å²) in [5.74, 6) is 2.13. The van der Waals surface area contributed by atoms with Crippen molar-refractivity contribution in [1.29, 1.82) is 0 Å².